The lowest BCUT2D eigenvalue weighted by Crippen LogP contribution is -2.50. The summed E-state index contributed by atoms with van der Waals surface area (Å²) in [6, 6.07) is 0.537. The molecule has 0 spiro atoms. The van der Waals surface area contributed by atoms with Crippen LogP contribution in [0.25, 0.3) is 0 Å². The second-order valence-corrected chi connectivity index (χ2v) is 7.07. The Labute approximate surface area is 136 Å². The van der Waals surface area contributed by atoms with E-state index < -0.39 is 0 Å². The minimum Gasteiger partial charge on any atom is -0.466 e. The zero-order chi connectivity index (χ0) is 15.8. The highest BCUT2D eigenvalue weighted by atomic mass is 16.5. The van der Waals surface area contributed by atoms with E-state index in [9.17, 15) is 4.79 Å². The number of hydrogen-bond donors (Lipinski definition) is 1. The molecule has 4 heteroatoms. The summed E-state index contributed by atoms with van der Waals surface area (Å²) in [6.07, 6.45) is 8.71. The van der Waals surface area contributed by atoms with Crippen LogP contribution in [0.4, 0.5) is 0 Å². The maximum Gasteiger partial charge on any atom is 0.306 e. The smallest absolute Gasteiger partial charge is 0.306 e. The third kappa shape index (κ3) is 5.88. The molecule has 1 heterocycles. The summed E-state index contributed by atoms with van der Waals surface area (Å²) in [5, 5.41) is 3.80. The molecule has 2 rings (SSSR count). The summed E-state index contributed by atoms with van der Waals surface area (Å²) in [4.78, 5) is 14.2. The van der Waals surface area contributed by atoms with Crippen molar-refractivity contribution in [1.29, 1.82) is 0 Å². The number of likely N-dealkylation sites (N-methyl/N-ethyl adjacent to an activating group) is 1. The van der Waals surface area contributed by atoms with Gasteiger partial charge in [0.2, 0.25) is 0 Å². The van der Waals surface area contributed by atoms with Crippen LogP contribution < -0.4 is 5.32 Å². The first-order chi connectivity index (χ1) is 10.7. The Hall–Kier alpha value is -0.610. The van der Waals surface area contributed by atoms with Gasteiger partial charge in [-0.2, -0.15) is 0 Å². The van der Waals surface area contributed by atoms with E-state index in [1.165, 1.54) is 32.1 Å². The van der Waals surface area contributed by atoms with E-state index in [-0.39, 0.29) is 5.97 Å². The molecule has 0 bridgehead atoms. The standard InChI is InChI=1S/C18H34N2O2/c1-3-20-13-16(11-18(21)22-4-2)10-17(14-20)19-12-15-8-6-5-7-9-15/h15-17,19H,3-14H2,1-2H3. The number of nitrogens with zero attached hydrogens (tertiary/aromatic N) is 1. The van der Waals surface area contributed by atoms with Crippen LogP contribution in [0, 0.1) is 11.8 Å². The fourth-order valence-electron chi connectivity index (χ4n) is 4.04. The number of nitrogens with one attached hydrogen (secondary N) is 1. The molecule has 0 amide bonds. The van der Waals surface area contributed by atoms with Gasteiger partial charge in [-0.1, -0.05) is 26.2 Å². The Morgan fingerprint density at radius 1 is 1.14 bits per heavy atom. The Bertz CT molecular complexity index is 329. The molecule has 22 heavy (non-hydrogen) atoms. The van der Waals surface area contributed by atoms with E-state index >= 15 is 0 Å². The van der Waals surface area contributed by atoms with Gasteiger partial charge in [0.15, 0.2) is 0 Å². The van der Waals surface area contributed by atoms with Crippen molar-refractivity contribution in [3.8, 4) is 0 Å². The summed E-state index contributed by atoms with van der Waals surface area (Å²) in [5.74, 6) is 1.28. The van der Waals surface area contributed by atoms with Gasteiger partial charge in [0.05, 0.1) is 6.61 Å². The van der Waals surface area contributed by atoms with Crippen LogP contribution in [0.2, 0.25) is 0 Å². The summed E-state index contributed by atoms with van der Waals surface area (Å²) in [7, 11) is 0. The predicted octanol–water partition coefficient (Wildman–Crippen LogP) is 2.82. The highest BCUT2D eigenvalue weighted by Gasteiger charge is 2.28. The highest BCUT2D eigenvalue weighted by molar-refractivity contribution is 5.69. The fourth-order valence-corrected chi connectivity index (χ4v) is 4.04. The van der Waals surface area contributed by atoms with Gasteiger partial charge in [0.25, 0.3) is 0 Å². The first-order valence-electron chi connectivity index (χ1n) is 9.32. The number of carbonyl (C=O) groups excluding carboxylic acids is 1. The second-order valence-electron chi connectivity index (χ2n) is 7.07. The maximum absolute atomic E-state index is 11.8. The summed E-state index contributed by atoms with van der Waals surface area (Å²) < 4.78 is 5.13. The van der Waals surface area contributed by atoms with Crippen molar-refractivity contribution in [2.75, 3.05) is 32.8 Å². The largest absolute Gasteiger partial charge is 0.466 e. The van der Waals surface area contributed by atoms with E-state index in [1.54, 1.807) is 0 Å². The molecule has 0 radical (unpaired) electrons. The lowest BCUT2D eigenvalue weighted by Gasteiger charge is -2.38. The summed E-state index contributed by atoms with van der Waals surface area (Å²) in [6.45, 7) is 8.98. The van der Waals surface area contributed by atoms with Crippen molar-refractivity contribution < 1.29 is 9.53 Å². The number of rotatable bonds is 7. The topological polar surface area (TPSA) is 41.6 Å². The third-order valence-electron chi connectivity index (χ3n) is 5.24. The molecular weight excluding hydrogens is 276 g/mol. The molecule has 0 aromatic carbocycles. The van der Waals surface area contributed by atoms with Gasteiger partial charge in [-0.25, -0.2) is 0 Å². The minimum absolute atomic E-state index is 0.0310. The maximum atomic E-state index is 11.8. The lowest BCUT2D eigenvalue weighted by atomic mass is 9.88. The van der Waals surface area contributed by atoms with Crippen molar-refractivity contribution in [2.24, 2.45) is 11.8 Å². The Kier molecular flexibility index (Phi) is 7.67. The number of hydrogen-bond acceptors (Lipinski definition) is 4. The number of piperidine rings is 1. The third-order valence-corrected chi connectivity index (χ3v) is 5.24. The molecule has 1 aliphatic carbocycles. The zero-order valence-electron chi connectivity index (χ0n) is 14.5. The molecule has 2 aliphatic rings. The van der Waals surface area contributed by atoms with Crippen molar-refractivity contribution in [2.45, 2.75) is 64.8 Å². The van der Waals surface area contributed by atoms with Gasteiger partial charge in [-0.15, -0.1) is 0 Å². The number of esters is 1. The molecule has 1 N–H and O–H groups in total. The first-order valence-corrected chi connectivity index (χ1v) is 9.32. The molecule has 2 fully saturated rings. The van der Waals surface area contributed by atoms with Gasteiger partial charge in [-0.3, -0.25) is 4.79 Å². The molecule has 1 saturated heterocycles. The molecule has 2 atom stereocenters. The van der Waals surface area contributed by atoms with Gasteiger partial charge in [0, 0.05) is 25.6 Å². The number of ether oxygens (including phenoxy) is 1. The average molecular weight is 310 g/mol. The Balaban J connectivity index is 1.77. The fraction of sp³-hybridized carbons (Fsp3) is 0.944. The van der Waals surface area contributed by atoms with Gasteiger partial charge in [0.1, 0.15) is 0 Å². The van der Waals surface area contributed by atoms with Gasteiger partial charge >= 0.3 is 5.97 Å². The summed E-state index contributed by atoms with van der Waals surface area (Å²) >= 11 is 0. The van der Waals surface area contributed by atoms with E-state index in [2.05, 4.69) is 17.1 Å². The molecule has 1 saturated carbocycles. The molecule has 128 valence electrons. The Morgan fingerprint density at radius 3 is 2.59 bits per heavy atom. The van der Waals surface area contributed by atoms with E-state index in [0.717, 1.165) is 38.5 Å². The van der Waals surface area contributed by atoms with E-state index in [0.29, 0.717) is 25.0 Å². The zero-order valence-corrected chi connectivity index (χ0v) is 14.5. The SMILES string of the molecule is CCOC(=O)CC1CC(NCC2CCCCC2)CN(CC)C1. The molecule has 2 unspecified atom stereocenters. The average Bonchev–Trinajstić information content (AvgIpc) is 2.54. The summed E-state index contributed by atoms with van der Waals surface area (Å²) in [5.41, 5.74) is 0. The van der Waals surface area contributed by atoms with Gasteiger partial charge < -0.3 is 15.0 Å². The molecule has 4 nitrogen and oxygen atoms in total. The van der Waals surface area contributed by atoms with E-state index in [1.807, 2.05) is 6.92 Å². The molecular formula is C18H34N2O2. The normalized spacial score (nSPS) is 27.7. The monoisotopic (exact) mass is 310 g/mol. The molecule has 0 aromatic heterocycles. The quantitative estimate of drug-likeness (QED) is 0.734. The predicted molar refractivity (Wildman–Crippen MR) is 89.8 cm³/mol. The van der Waals surface area contributed by atoms with Crippen LogP contribution in [0.3, 0.4) is 0 Å². The van der Waals surface area contributed by atoms with Crippen molar-refractivity contribution in [1.82, 2.24) is 10.2 Å². The van der Waals surface area contributed by atoms with Gasteiger partial charge in [-0.05, 0) is 51.1 Å². The highest BCUT2D eigenvalue weighted by Crippen LogP contribution is 2.24. The molecule has 0 aromatic rings. The first kappa shape index (κ1) is 17.7. The Morgan fingerprint density at radius 2 is 1.91 bits per heavy atom. The number of carbonyl (C=O) groups is 1. The minimum atomic E-state index is -0.0310. The number of likely N-dealkylation sites (tertiary alicyclic amines) is 1. The van der Waals surface area contributed by atoms with Crippen LogP contribution in [-0.4, -0.2) is 49.7 Å². The van der Waals surface area contributed by atoms with Crippen LogP contribution in [0.5, 0.6) is 0 Å². The van der Waals surface area contributed by atoms with Crippen molar-refractivity contribution in [3.63, 3.8) is 0 Å². The lowest BCUT2D eigenvalue weighted by molar-refractivity contribution is -0.144. The van der Waals surface area contributed by atoms with Crippen LogP contribution in [-0.2, 0) is 9.53 Å². The van der Waals surface area contributed by atoms with E-state index in [4.69, 9.17) is 4.74 Å². The van der Waals surface area contributed by atoms with Crippen molar-refractivity contribution in [3.05, 3.63) is 0 Å². The van der Waals surface area contributed by atoms with Crippen LogP contribution >= 0.6 is 0 Å². The second kappa shape index (κ2) is 9.51. The van der Waals surface area contributed by atoms with Crippen LogP contribution in [0.15, 0.2) is 0 Å². The van der Waals surface area contributed by atoms with Crippen LogP contribution in [0.1, 0.15) is 58.8 Å². The molecule has 1 aliphatic heterocycles. The van der Waals surface area contributed by atoms with Crippen molar-refractivity contribution >= 4 is 5.97 Å².